The highest BCUT2D eigenvalue weighted by atomic mass is 19.4. The molecule has 11 heteroatoms. The van der Waals surface area contributed by atoms with Gasteiger partial charge in [-0.2, -0.15) is 26.3 Å². The van der Waals surface area contributed by atoms with Crippen molar-refractivity contribution in [2.45, 2.75) is 12.4 Å². The normalized spacial score (nSPS) is 12.4. The number of fused-ring (bicyclic) bond motifs is 2. The second kappa shape index (κ2) is 7.08. The van der Waals surface area contributed by atoms with Crippen molar-refractivity contribution in [1.82, 2.24) is 4.73 Å². The maximum absolute atomic E-state index is 13.7. The van der Waals surface area contributed by atoms with Gasteiger partial charge in [-0.1, -0.05) is 36.4 Å². The summed E-state index contributed by atoms with van der Waals surface area (Å²) in [5, 5.41) is 13.7. The zero-order chi connectivity index (χ0) is 23.4. The molecule has 1 aromatic heterocycles. The summed E-state index contributed by atoms with van der Waals surface area (Å²) in [6, 6.07) is 11.6. The van der Waals surface area contributed by atoms with Crippen LogP contribution in [-0.4, -0.2) is 10.5 Å². The molecule has 0 saturated carbocycles. The highest BCUT2D eigenvalue weighted by Crippen LogP contribution is 2.35. The molecule has 0 radical (unpaired) electrons. The number of alkyl halides is 6. The van der Waals surface area contributed by atoms with Gasteiger partial charge >= 0.3 is 18.0 Å². The third kappa shape index (κ3) is 3.45. The SMILES string of the molecule is O=C(c1ccc2ccccc2c1)c1c(C(F)(F)F)n([O-])c2cc(C(F)(F)F)ccc2[n+]1=O. The van der Waals surface area contributed by atoms with E-state index in [-0.39, 0.29) is 11.6 Å². The van der Waals surface area contributed by atoms with Gasteiger partial charge in [-0.3, -0.25) is 4.79 Å². The van der Waals surface area contributed by atoms with E-state index in [9.17, 15) is 41.3 Å². The summed E-state index contributed by atoms with van der Waals surface area (Å²) in [6.45, 7) is 0. The van der Waals surface area contributed by atoms with Crippen molar-refractivity contribution < 1.29 is 35.6 Å². The monoisotopic (exact) mass is 452 g/mol. The largest absolute Gasteiger partial charge is 0.805 e. The van der Waals surface area contributed by atoms with Gasteiger partial charge in [0.05, 0.1) is 9.99 Å². The number of hydrogen-bond donors (Lipinski definition) is 0. The molecule has 0 saturated heterocycles. The van der Waals surface area contributed by atoms with Crippen LogP contribution in [0.2, 0.25) is 0 Å². The molecule has 0 bridgehead atoms. The van der Waals surface area contributed by atoms with Crippen LogP contribution in [0.25, 0.3) is 21.8 Å². The standard InChI is InChI=1S/C21H10F6N2O3/c22-20(23,24)14-7-8-15-16(10-14)29(32)19(21(25,26)27)17(28(15)31)18(30)13-6-5-11-3-1-2-4-12(11)9-13/h1-10H. The molecule has 0 aliphatic rings. The van der Waals surface area contributed by atoms with Gasteiger partial charge in [-0.25, -0.2) is 0 Å². The smallest absolute Gasteiger partial charge is 0.438 e. The predicted molar refractivity (Wildman–Crippen MR) is 101 cm³/mol. The molecule has 0 N–H and O–H groups in total. The molecule has 3 aromatic carbocycles. The Hall–Kier alpha value is -3.89. The van der Waals surface area contributed by atoms with Crippen LogP contribution < -0.4 is 4.43 Å². The fourth-order valence-corrected chi connectivity index (χ4v) is 3.38. The van der Waals surface area contributed by atoms with Crippen LogP contribution in [0.1, 0.15) is 27.3 Å². The Morgan fingerprint density at radius 2 is 1.50 bits per heavy atom. The molecule has 164 valence electrons. The van der Waals surface area contributed by atoms with Crippen LogP contribution in [0.3, 0.4) is 0 Å². The summed E-state index contributed by atoms with van der Waals surface area (Å²) >= 11 is 0. The maximum atomic E-state index is 13.7. The van der Waals surface area contributed by atoms with Gasteiger partial charge in [-0.05, 0) is 29.0 Å². The van der Waals surface area contributed by atoms with Crippen LogP contribution in [0.4, 0.5) is 26.3 Å². The van der Waals surface area contributed by atoms with Gasteiger partial charge in [0.2, 0.25) is 5.69 Å². The summed E-state index contributed by atoms with van der Waals surface area (Å²) in [6.07, 6.45) is -10.5. The third-order valence-corrected chi connectivity index (χ3v) is 4.87. The lowest BCUT2D eigenvalue weighted by atomic mass is 10.0. The van der Waals surface area contributed by atoms with Crippen LogP contribution in [0.5, 0.6) is 0 Å². The van der Waals surface area contributed by atoms with E-state index >= 15 is 0 Å². The molecular weight excluding hydrogens is 442 g/mol. The van der Waals surface area contributed by atoms with Gasteiger partial charge in [0, 0.05) is 16.5 Å². The van der Waals surface area contributed by atoms with Crippen molar-refractivity contribution in [1.29, 1.82) is 0 Å². The van der Waals surface area contributed by atoms with E-state index in [1.165, 1.54) is 18.2 Å². The summed E-state index contributed by atoms with van der Waals surface area (Å²) in [5.41, 5.74) is -7.43. The number of nitrogens with zero attached hydrogens (tertiary/aromatic N) is 2. The summed E-state index contributed by atoms with van der Waals surface area (Å²) in [7, 11) is 0. The van der Waals surface area contributed by atoms with Crippen molar-refractivity contribution in [3.8, 4) is 0 Å². The number of ketones is 1. The van der Waals surface area contributed by atoms with E-state index in [1.807, 2.05) is 0 Å². The Kier molecular flexibility index (Phi) is 4.72. The number of hydrogen-bond acceptors (Lipinski definition) is 3. The average Bonchev–Trinajstić information content (AvgIpc) is 2.73. The lowest BCUT2D eigenvalue weighted by Gasteiger charge is -2.21. The topological polar surface area (TPSA) is 68.0 Å². The van der Waals surface area contributed by atoms with Gasteiger partial charge in [0.15, 0.2) is 0 Å². The molecule has 32 heavy (non-hydrogen) atoms. The molecule has 0 unspecified atom stereocenters. The van der Waals surface area contributed by atoms with Gasteiger partial charge in [0.25, 0.3) is 11.3 Å². The molecular formula is C21H10F6N2O3. The first-order valence-electron chi connectivity index (χ1n) is 8.90. The zero-order valence-corrected chi connectivity index (χ0v) is 15.7. The molecule has 0 aliphatic carbocycles. The first-order valence-corrected chi connectivity index (χ1v) is 8.90. The quantitative estimate of drug-likeness (QED) is 0.235. The molecule has 1 heterocycles. The molecule has 4 aromatic rings. The highest BCUT2D eigenvalue weighted by molar-refractivity contribution is 6.09. The molecule has 0 atom stereocenters. The van der Waals surface area contributed by atoms with Crippen molar-refractivity contribution in [3.63, 3.8) is 0 Å². The second-order valence-electron chi connectivity index (χ2n) is 6.88. The molecule has 0 aliphatic heterocycles. The Morgan fingerprint density at radius 1 is 0.844 bits per heavy atom. The number of halogens is 6. The number of benzene rings is 3. The first kappa shape index (κ1) is 21.3. The van der Waals surface area contributed by atoms with E-state index < -0.39 is 55.3 Å². The zero-order valence-electron chi connectivity index (χ0n) is 15.7. The fourth-order valence-electron chi connectivity index (χ4n) is 3.38. The average molecular weight is 452 g/mol. The van der Waals surface area contributed by atoms with Crippen molar-refractivity contribution in [3.05, 3.63) is 93.3 Å². The molecule has 5 nitrogen and oxygen atoms in total. The second-order valence-corrected chi connectivity index (χ2v) is 6.88. The number of aromatic nitrogens is 2. The van der Waals surface area contributed by atoms with E-state index in [2.05, 4.69) is 0 Å². The maximum Gasteiger partial charge on any atom is 0.438 e. The summed E-state index contributed by atoms with van der Waals surface area (Å²) in [4.78, 5) is 25.7. The Bertz CT molecular complexity index is 1450. The molecule has 0 fully saturated rings. The first-order chi connectivity index (χ1) is 14.9. The molecule has 4 rings (SSSR count). The van der Waals surface area contributed by atoms with Crippen LogP contribution in [-0.2, 0) is 12.4 Å². The Morgan fingerprint density at radius 3 is 2.12 bits per heavy atom. The van der Waals surface area contributed by atoms with E-state index in [0.29, 0.717) is 22.9 Å². The minimum Gasteiger partial charge on any atom is -0.805 e. The van der Waals surface area contributed by atoms with Crippen molar-refractivity contribution >= 4 is 27.6 Å². The van der Waals surface area contributed by atoms with E-state index in [0.717, 1.165) is 0 Å². The van der Waals surface area contributed by atoms with Gasteiger partial charge < -0.3 is 9.94 Å². The fraction of sp³-hybridized carbons (Fsp3) is 0.0952. The summed E-state index contributed by atoms with van der Waals surface area (Å²) < 4.78 is 78.8. The number of rotatable bonds is 2. The Balaban J connectivity index is 2.04. The Labute approximate surface area is 174 Å². The predicted octanol–water partition coefficient (Wildman–Crippen LogP) is 5.32. The molecule has 0 amide bonds. The van der Waals surface area contributed by atoms with Gasteiger partial charge in [0.1, 0.15) is 5.52 Å². The van der Waals surface area contributed by atoms with E-state index in [4.69, 9.17) is 0 Å². The van der Waals surface area contributed by atoms with Crippen LogP contribution in [0, 0.1) is 10.1 Å². The number of carbonyl (C=O) groups is 1. The van der Waals surface area contributed by atoms with E-state index in [1.54, 1.807) is 24.3 Å². The van der Waals surface area contributed by atoms with Crippen molar-refractivity contribution in [2.75, 3.05) is 0 Å². The lowest BCUT2D eigenvalue weighted by Crippen LogP contribution is -2.35. The minimum atomic E-state index is -5.50. The lowest BCUT2D eigenvalue weighted by molar-refractivity contribution is -0.470. The van der Waals surface area contributed by atoms with Crippen LogP contribution >= 0.6 is 0 Å². The number of carbonyl (C=O) groups excluding carboxylic acids is 1. The summed E-state index contributed by atoms with van der Waals surface area (Å²) in [5.74, 6) is -1.40. The third-order valence-electron chi connectivity index (χ3n) is 4.87. The molecule has 0 spiro atoms. The van der Waals surface area contributed by atoms with Crippen LogP contribution in [0.15, 0.2) is 60.7 Å². The minimum absolute atomic E-state index is 0.135. The van der Waals surface area contributed by atoms with Gasteiger partial charge in [-0.15, -0.1) is 0 Å². The van der Waals surface area contributed by atoms with Crippen molar-refractivity contribution in [2.24, 2.45) is 0 Å². The highest BCUT2D eigenvalue weighted by Gasteiger charge is 2.45.